The Kier molecular flexibility index (Phi) is 5.09. The van der Waals surface area contributed by atoms with Gasteiger partial charge in [-0.25, -0.2) is 4.68 Å². The van der Waals surface area contributed by atoms with Gasteiger partial charge in [0.15, 0.2) is 0 Å². The van der Waals surface area contributed by atoms with Gasteiger partial charge >= 0.3 is 5.97 Å². The zero-order valence-corrected chi connectivity index (χ0v) is 10.6. The number of esters is 1. The molecule has 1 rings (SSSR count). The molecule has 0 aliphatic rings. The molecule has 0 fully saturated rings. The SMILES string of the molecule is CC(C)CC(C)OC(=O)Cn1cc(CN)nn1. The molecule has 0 bridgehead atoms. The van der Waals surface area contributed by atoms with Gasteiger partial charge < -0.3 is 10.5 Å². The molecule has 1 atom stereocenters. The summed E-state index contributed by atoms with van der Waals surface area (Å²) in [5, 5.41) is 7.58. The molecule has 0 aliphatic heterocycles. The summed E-state index contributed by atoms with van der Waals surface area (Å²) in [6.45, 7) is 6.48. The molecule has 0 saturated carbocycles. The summed E-state index contributed by atoms with van der Waals surface area (Å²) in [5.41, 5.74) is 6.06. The average Bonchev–Trinajstić information content (AvgIpc) is 2.63. The van der Waals surface area contributed by atoms with Crippen LogP contribution in [0, 0.1) is 5.92 Å². The van der Waals surface area contributed by atoms with E-state index >= 15 is 0 Å². The number of ether oxygens (including phenoxy) is 1. The maximum Gasteiger partial charge on any atom is 0.328 e. The van der Waals surface area contributed by atoms with Crippen molar-refractivity contribution in [3.63, 3.8) is 0 Å². The lowest BCUT2D eigenvalue weighted by atomic mass is 10.1. The van der Waals surface area contributed by atoms with E-state index in [2.05, 4.69) is 24.2 Å². The van der Waals surface area contributed by atoms with Gasteiger partial charge in [-0.15, -0.1) is 5.10 Å². The lowest BCUT2D eigenvalue weighted by Gasteiger charge is -2.14. The van der Waals surface area contributed by atoms with Crippen LogP contribution in [0.25, 0.3) is 0 Å². The number of rotatable bonds is 6. The van der Waals surface area contributed by atoms with Crippen molar-refractivity contribution in [2.75, 3.05) is 0 Å². The molecule has 0 radical (unpaired) electrons. The Morgan fingerprint density at radius 2 is 2.24 bits per heavy atom. The van der Waals surface area contributed by atoms with Crippen LogP contribution in [-0.2, 0) is 22.6 Å². The highest BCUT2D eigenvalue weighted by Crippen LogP contribution is 2.07. The van der Waals surface area contributed by atoms with E-state index in [9.17, 15) is 4.79 Å². The van der Waals surface area contributed by atoms with Crippen molar-refractivity contribution in [2.45, 2.75) is 46.4 Å². The van der Waals surface area contributed by atoms with E-state index in [4.69, 9.17) is 10.5 Å². The molecule has 17 heavy (non-hydrogen) atoms. The number of nitrogens with zero attached hydrogens (tertiary/aromatic N) is 3. The third-order valence-corrected chi connectivity index (χ3v) is 2.22. The Balaban J connectivity index is 2.38. The first kappa shape index (κ1) is 13.6. The van der Waals surface area contributed by atoms with Crippen molar-refractivity contribution in [3.05, 3.63) is 11.9 Å². The predicted molar refractivity (Wildman–Crippen MR) is 62.9 cm³/mol. The molecule has 1 unspecified atom stereocenters. The van der Waals surface area contributed by atoms with Crippen molar-refractivity contribution >= 4 is 5.97 Å². The third-order valence-electron chi connectivity index (χ3n) is 2.22. The van der Waals surface area contributed by atoms with Crippen LogP contribution in [0.3, 0.4) is 0 Å². The molecule has 0 aliphatic carbocycles. The molecule has 0 spiro atoms. The smallest absolute Gasteiger partial charge is 0.328 e. The molecule has 6 nitrogen and oxygen atoms in total. The summed E-state index contributed by atoms with van der Waals surface area (Å²) in [5.74, 6) is 0.208. The van der Waals surface area contributed by atoms with Crippen LogP contribution >= 0.6 is 0 Å². The molecule has 0 saturated heterocycles. The highest BCUT2D eigenvalue weighted by molar-refractivity contribution is 5.69. The summed E-state index contributed by atoms with van der Waals surface area (Å²) in [4.78, 5) is 11.6. The van der Waals surface area contributed by atoms with Gasteiger partial charge in [-0.05, 0) is 19.3 Å². The Labute approximate surface area is 101 Å². The van der Waals surface area contributed by atoms with Crippen molar-refractivity contribution in [3.8, 4) is 0 Å². The maximum absolute atomic E-state index is 11.6. The standard InChI is InChI=1S/C11H20N4O2/c1-8(2)4-9(3)17-11(16)7-15-6-10(5-12)13-14-15/h6,8-9H,4-5,7,12H2,1-3H3. The minimum absolute atomic E-state index is 0.0694. The summed E-state index contributed by atoms with van der Waals surface area (Å²) in [6, 6.07) is 0. The number of carbonyl (C=O) groups is 1. The van der Waals surface area contributed by atoms with Gasteiger partial charge in [0.25, 0.3) is 0 Å². The van der Waals surface area contributed by atoms with E-state index in [1.165, 1.54) is 4.68 Å². The van der Waals surface area contributed by atoms with Crippen LogP contribution in [0.2, 0.25) is 0 Å². The third kappa shape index (κ3) is 4.95. The Morgan fingerprint density at radius 1 is 1.53 bits per heavy atom. The molecule has 0 amide bonds. The molecular formula is C11H20N4O2. The van der Waals surface area contributed by atoms with Crippen molar-refractivity contribution in [1.82, 2.24) is 15.0 Å². The van der Waals surface area contributed by atoms with E-state index in [1.807, 2.05) is 6.92 Å². The van der Waals surface area contributed by atoms with Crippen LogP contribution in [-0.4, -0.2) is 27.1 Å². The largest absolute Gasteiger partial charge is 0.461 e. The second-order valence-corrected chi connectivity index (χ2v) is 4.54. The van der Waals surface area contributed by atoms with E-state index in [1.54, 1.807) is 6.20 Å². The summed E-state index contributed by atoms with van der Waals surface area (Å²) in [6.07, 6.45) is 2.44. The fraction of sp³-hybridized carbons (Fsp3) is 0.727. The first-order chi connectivity index (χ1) is 8.01. The lowest BCUT2D eigenvalue weighted by Crippen LogP contribution is -2.21. The Hall–Kier alpha value is -1.43. The highest BCUT2D eigenvalue weighted by atomic mass is 16.5. The minimum atomic E-state index is -0.299. The number of hydrogen-bond acceptors (Lipinski definition) is 5. The van der Waals surface area contributed by atoms with Gasteiger partial charge in [0.1, 0.15) is 6.54 Å². The molecule has 1 heterocycles. The van der Waals surface area contributed by atoms with E-state index in [0.29, 0.717) is 18.2 Å². The van der Waals surface area contributed by atoms with Crippen LogP contribution in [0.5, 0.6) is 0 Å². The topological polar surface area (TPSA) is 83.0 Å². The summed E-state index contributed by atoms with van der Waals surface area (Å²) in [7, 11) is 0. The first-order valence-corrected chi connectivity index (χ1v) is 5.79. The average molecular weight is 240 g/mol. The number of aromatic nitrogens is 3. The van der Waals surface area contributed by atoms with Crippen LogP contribution in [0.15, 0.2) is 6.20 Å². The number of nitrogens with two attached hydrogens (primary N) is 1. The van der Waals surface area contributed by atoms with Gasteiger partial charge in [0, 0.05) is 6.54 Å². The monoisotopic (exact) mass is 240 g/mol. The van der Waals surface area contributed by atoms with Crippen molar-refractivity contribution in [2.24, 2.45) is 11.7 Å². The Morgan fingerprint density at radius 3 is 2.76 bits per heavy atom. The fourth-order valence-electron chi connectivity index (χ4n) is 1.62. The number of hydrogen-bond donors (Lipinski definition) is 1. The van der Waals surface area contributed by atoms with Gasteiger partial charge in [0.05, 0.1) is 18.0 Å². The van der Waals surface area contributed by atoms with Gasteiger partial charge in [0.2, 0.25) is 0 Å². The van der Waals surface area contributed by atoms with E-state index in [-0.39, 0.29) is 18.6 Å². The normalized spacial score (nSPS) is 12.8. The maximum atomic E-state index is 11.6. The highest BCUT2D eigenvalue weighted by Gasteiger charge is 2.12. The molecule has 1 aromatic rings. The zero-order chi connectivity index (χ0) is 12.8. The summed E-state index contributed by atoms with van der Waals surface area (Å²) >= 11 is 0. The predicted octanol–water partition coefficient (Wildman–Crippen LogP) is 0.715. The van der Waals surface area contributed by atoms with E-state index < -0.39 is 0 Å². The molecule has 1 aromatic heterocycles. The lowest BCUT2D eigenvalue weighted by molar-refractivity contribution is -0.149. The zero-order valence-electron chi connectivity index (χ0n) is 10.6. The van der Waals surface area contributed by atoms with Crippen molar-refractivity contribution in [1.29, 1.82) is 0 Å². The second kappa shape index (κ2) is 6.34. The molecule has 0 aromatic carbocycles. The molecule has 6 heteroatoms. The van der Waals surface area contributed by atoms with E-state index in [0.717, 1.165) is 6.42 Å². The van der Waals surface area contributed by atoms with Gasteiger partial charge in [-0.3, -0.25) is 4.79 Å². The van der Waals surface area contributed by atoms with Crippen LogP contribution in [0.1, 0.15) is 32.9 Å². The van der Waals surface area contributed by atoms with Crippen LogP contribution < -0.4 is 5.73 Å². The second-order valence-electron chi connectivity index (χ2n) is 4.54. The fourth-order valence-corrected chi connectivity index (χ4v) is 1.62. The minimum Gasteiger partial charge on any atom is -0.461 e. The van der Waals surface area contributed by atoms with Gasteiger partial charge in [-0.1, -0.05) is 19.1 Å². The summed E-state index contributed by atoms with van der Waals surface area (Å²) < 4.78 is 6.69. The molecular weight excluding hydrogens is 220 g/mol. The van der Waals surface area contributed by atoms with Crippen LogP contribution in [0.4, 0.5) is 0 Å². The van der Waals surface area contributed by atoms with Gasteiger partial charge in [-0.2, -0.15) is 0 Å². The van der Waals surface area contributed by atoms with Crippen molar-refractivity contribution < 1.29 is 9.53 Å². The quantitative estimate of drug-likeness (QED) is 0.740. The first-order valence-electron chi connectivity index (χ1n) is 5.79. The number of carbonyl (C=O) groups excluding carboxylic acids is 1. The molecule has 2 N–H and O–H groups in total. The molecule has 96 valence electrons. The Bertz CT molecular complexity index is 362.